The van der Waals surface area contributed by atoms with E-state index in [1.54, 1.807) is 0 Å². The Labute approximate surface area is 122 Å². The van der Waals surface area contributed by atoms with Gasteiger partial charge in [-0.1, -0.05) is 27.5 Å². The van der Waals surface area contributed by atoms with Crippen molar-refractivity contribution in [2.24, 2.45) is 0 Å². The van der Waals surface area contributed by atoms with Crippen LogP contribution in [0.5, 0.6) is 0 Å². The minimum atomic E-state index is 0.725. The van der Waals surface area contributed by atoms with Gasteiger partial charge in [-0.3, -0.25) is 4.68 Å². The number of halogens is 3. The van der Waals surface area contributed by atoms with Gasteiger partial charge in [-0.15, -0.1) is 0 Å². The van der Waals surface area contributed by atoms with Crippen LogP contribution in [0.2, 0.25) is 5.02 Å². The summed E-state index contributed by atoms with van der Waals surface area (Å²) < 4.78 is 3.96. The molecule has 0 N–H and O–H groups in total. The molecular weight excluding hydrogens is 367 g/mol. The van der Waals surface area contributed by atoms with E-state index in [2.05, 4.69) is 43.9 Å². The Morgan fingerprint density at radius 3 is 2.71 bits per heavy atom. The van der Waals surface area contributed by atoms with E-state index < -0.39 is 0 Å². The molecule has 0 atom stereocenters. The maximum Gasteiger partial charge on any atom is 0.0842 e. The molecule has 2 aromatic rings. The molecule has 0 bridgehead atoms. The molecule has 17 heavy (non-hydrogen) atoms. The van der Waals surface area contributed by atoms with E-state index in [1.807, 2.05) is 29.8 Å². The van der Waals surface area contributed by atoms with Gasteiger partial charge >= 0.3 is 0 Å². The summed E-state index contributed by atoms with van der Waals surface area (Å²) in [4.78, 5) is 0. The Hall–Kier alpha value is -0.320. The van der Waals surface area contributed by atoms with Crippen LogP contribution in [0.4, 0.5) is 0 Å². The zero-order valence-electron chi connectivity index (χ0n) is 9.47. The molecule has 2 nitrogen and oxygen atoms in total. The molecule has 90 valence electrons. The predicted octanol–water partition coefficient (Wildman–Crippen LogP) is 5.06. The molecule has 0 spiro atoms. The third-order valence-electron chi connectivity index (χ3n) is 2.54. The number of rotatable bonds is 2. The van der Waals surface area contributed by atoms with Gasteiger partial charge in [-0.2, -0.15) is 5.10 Å². The molecule has 0 aliphatic carbocycles. The Balaban J connectivity index is 2.71. The van der Waals surface area contributed by atoms with Gasteiger partial charge < -0.3 is 0 Å². The van der Waals surface area contributed by atoms with E-state index in [0.717, 1.165) is 37.5 Å². The van der Waals surface area contributed by atoms with Gasteiger partial charge in [0.2, 0.25) is 0 Å². The number of nitrogens with zero attached hydrogens (tertiary/aromatic N) is 2. The lowest BCUT2D eigenvalue weighted by Crippen LogP contribution is -1.99. The van der Waals surface area contributed by atoms with Gasteiger partial charge in [0.15, 0.2) is 0 Å². The minimum absolute atomic E-state index is 0.725. The lowest BCUT2D eigenvalue weighted by atomic mass is 10.1. The van der Waals surface area contributed by atoms with Crippen LogP contribution in [0.3, 0.4) is 0 Å². The normalized spacial score (nSPS) is 10.9. The summed E-state index contributed by atoms with van der Waals surface area (Å²) >= 11 is 13.3. The maximum absolute atomic E-state index is 6.26. The molecule has 0 unspecified atom stereocenters. The van der Waals surface area contributed by atoms with Crippen molar-refractivity contribution in [2.75, 3.05) is 0 Å². The Bertz CT molecular complexity index is 564. The van der Waals surface area contributed by atoms with Crippen LogP contribution >= 0.6 is 43.5 Å². The van der Waals surface area contributed by atoms with Crippen molar-refractivity contribution in [1.82, 2.24) is 9.78 Å². The molecule has 0 saturated carbocycles. The van der Waals surface area contributed by atoms with Crippen LogP contribution in [-0.2, 0) is 6.54 Å². The summed E-state index contributed by atoms with van der Waals surface area (Å²) in [5.74, 6) is 0. The number of benzene rings is 1. The first-order chi connectivity index (χ1) is 8.04. The second-order valence-electron chi connectivity index (χ2n) is 3.69. The predicted molar refractivity (Wildman–Crippen MR) is 78.5 cm³/mol. The van der Waals surface area contributed by atoms with Gasteiger partial charge in [0.25, 0.3) is 0 Å². The number of aryl methyl sites for hydroxylation is 2. The molecule has 1 heterocycles. The fourth-order valence-electron chi connectivity index (χ4n) is 1.72. The number of hydrogen-bond acceptors (Lipinski definition) is 1. The molecule has 2 rings (SSSR count). The van der Waals surface area contributed by atoms with Crippen LogP contribution in [0, 0.1) is 6.92 Å². The van der Waals surface area contributed by atoms with Crippen molar-refractivity contribution in [3.8, 4) is 11.3 Å². The topological polar surface area (TPSA) is 17.8 Å². The van der Waals surface area contributed by atoms with Crippen LogP contribution in [0.1, 0.15) is 12.6 Å². The van der Waals surface area contributed by atoms with Crippen molar-refractivity contribution in [3.63, 3.8) is 0 Å². The average molecular weight is 378 g/mol. The highest BCUT2D eigenvalue weighted by atomic mass is 79.9. The van der Waals surface area contributed by atoms with Gasteiger partial charge in [-0.05, 0) is 48.0 Å². The first-order valence-electron chi connectivity index (χ1n) is 5.23. The van der Waals surface area contributed by atoms with E-state index >= 15 is 0 Å². The molecule has 1 aromatic carbocycles. The van der Waals surface area contributed by atoms with E-state index in [-0.39, 0.29) is 0 Å². The number of hydrogen-bond donors (Lipinski definition) is 0. The standard InChI is InChI=1S/C12H11Br2ClN2/c1-3-17-12(11(14)7(2)16-17)9-6-8(13)4-5-10(9)15/h4-6H,3H2,1-2H3. The highest BCUT2D eigenvalue weighted by Crippen LogP contribution is 2.36. The van der Waals surface area contributed by atoms with E-state index in [1.165, 1.54) is 0 Å². The van der Waals surface area contributed by atoms with Gasteiger partial charge in [0.05, 0.1) is 20.9 Å². The summed E-state index contributed by atoms with van der Waals surface area (Å²) in [6.07, 6.45) is 0. The summed E-state index contributed by atoms with van der Waals surface area (Å²) in [7, 11) is 0. The highest BCUT2D eigenvalue weighted by molar-refractivity contribution is 9.11. The van der Waals surface area contributed by atoms with E-state index in [9.17, 15) is 0 Å². The first kappa shape index (κ1) is 13.1. The number of aromatic nitrogens is 2. The van der Waals surface area contributed by atoms with Crippen LogP contribution in [0.25, 0.3) is 11.3 Å². The molecule has 5 heteroatoms. The Kier molecular flexibility index (Phi) is 3.95. The summed E-state index contributed by atoms with van der Waals surface area (Å²) in [6.45, 7) is 4.85. The minimum Gasteiger partial charge on any atom is -0.264 e. The lowest BCUT2D eigenvalue weighted by molar-refractivity contribution is 0.660. The fraction of sp³-hybridized carbons (Fsp3) is 0.250. The first-order valence-corrected chi connectivity index (χ1v) is 7.19. The quantitative estimate of drug-likeness (QED) is 0.714. The summed E-state index contributed by atoms with van der Waals surface area (Å²) in [5.41, 5.74) is 2.98. The molecule has 0 radical (unpaired) electrons. The summed E-state index contributed by atoms with van der Waals surface area (Å²) in [5, 5.41) is 5.20. The fourth-order valence-corrected chi connectivity index (χ4v) is 2.79. The molecule has 0 saturated heterocycles. The molecular formula is C12H11Br2ClN2. The molecule has 0 fully saturated rings. The second kappa shape index (κ2) is 5.12. The van der Waals surface area contributed by atoms with E-state index in [0.29, 0.717) is 0 Å². The smallest absolute Gasteiger partial charge is 0.0842 e. The van der Waals surface area contributed by atoms with Crippen LogP contribution < -0.4 is 0 Å². The molecule has 0 aliphatic heterocycles. The van der Waals surface area contributed by atoms with Crippen molar-refractivity contribution in [3.05, 3.63) is 37.9 Å². The SMILES string of the molecule is CCn1nc(C)c(Br)c1-c1cc(Br)ccc1Cl. The molecule has 1 aromatic heterocycles. The average Bonchev–Trinajstić information content (AvgIpc) is 2.59. The van der Waals surface area contributed by atoms with Crippen molar-refractivity contribution in [2.45, 2.75) is 20.4 Å². The second-order valence-corrected chi connectivity index (χ2v) is 5.80. The lowest BCUT2D eigenvalue weighted by Gasteiger charge is -2.08. The molecule has 0 aliphatic rings. The largest absolute Gasteiger partial charge is 0.264 e. The molecule has 0 amide bonds. The van der Waals surface area contributed by atoms with Gasteiger partial charge in [-0.25, -0.2) is 0 Å². The van der Waals surface area contributed by atoms with Crippen molar-refractivity contribution < 1.29 is 0 Å². The third-order valence-corrected chi connectivity index (χ3v) is 4.31. The van der Waals surface area contributed by atoms with Gasteiger partial charge in [0.1, 0.15) is 0 Å². The Morgan fingerprint density at radius 2 is 2.06 bits per heavy atom. The van der Waals surface area contributed by atoms with Crippen LogP contribution in [-0.4, -0.2) is 9.78 Å². The Morgan fingerprint density at radius 1 is 1.35 bits per heavy atom. The van der Waals surface area contributed by atoms with Crippen molar-refractivity contribution >= 4 is 43.5 Å². The highest BCUT2D eigenvalue weighted by Gasteiger charge is 2.16. The van der Waals surface area contributed by atoms with E-state index in [4.69, 9.17) is 11.6 Å². The maximum atomic E-state index is 6.26. The zero-order chi connectivity index (χ0) is 12.6. The zero-order valence-corrected chi connectivity index (χ0v) is 13.4. The third kappa shape index (κ3) is 2.44. The van der Waals surface area contributed by atoms with Crippen LogP contribution in [0.15, 0.2) is 27.1 Å². The van der Waals surface area contributed by atoms with Gasteiger partial charge in [0, 0.05) is 16.6 Å². The summed E-state index contributed by atoms with van der Waals surface area (Å²) in [6, 6.07) is 5.82. The van der Waals surface area contributed by atoms with Crippen molar-refractivity contribution in [1.29, 1.82) is 0 Å². The monoisotopic (exact) mass is 376 g/mol.